The van der Waals surface area contributed by atoms with Gasteiger partial charge in [-0.25, -0.2) is 9.67 Å². The molecule has 0 radical (unpaired) electrons. The fraction of sp³-hybridized carbons (Fsp3) is 0.462. The summed E-state index contributed by atoms with van der Waals surface area (Å²) in [6.07, 6.45) is 4.67. The van der Waals surface area contributed by atoms with Crippen LogP contribution in [0, 0.1) is 0 Å². The van der Waals surface area contributed by atoms with Gasteiger partial charge in [-0.1, -0.05) is 36.3 Å². The second-order valence-corrected chi connectivity index (χ2v) is 10.4. The molecule has 1 aliphatic heterocycles. The Bertz CT molecular complexity index is 1290. The second-order valence-electron chi connectivity index (χ2n) is 9.42. The maximum atomic E-state index is 5.83. The molecule has 1 saturated heterocycles. The van der Waals surface area contributed by atoms with Crippen molar-refractivity contribution in [3.05, 3.63) is 53.9 Å². The molecule has 6 rings (SSSR count). The fourth-order valence-corrected chi connectivity index (χ4v) is 6.53. The van der Waals surface area contributed by atoms with Crippen LogP contribution in [0.1, 0.15) is 49.2 Å². The van der Waals surface area contributed by atoms with Crippen molar-refractivity contribution in [1.82, 2.24) is 30.1 Å². The number of anilines is 1. The Hall–Kier alpha value is -3.24. The Morgan fingerprint density at radius 3 is 2.53 bits per heavy atom. The average molecular weight is 506 g/mol. The Morgan fingerprint density at radius 2 is 1.78 bits per heavy atom. The van der Waals surface area contributed by atoms with Crippen molar-refractivity contribution in [3.8, 4) is 11.5 Å². The molecule has 4 aromatic rings. The number of ether oxygens (including phenoxy) is 2. The highest BCUT2D eigenvalue weighted by Crippen LogP contribution is 2.39. The van der Waals surface area contributed by atoms with Crippen molar-refractivity contribution < 1.29 is 9.47 Å². The molecule has 1 atom stereocenters. The fourth-order valence-electron chi connectivity index (χ4n) is 5.51. The van der Waals surface area contributed by atoms with Crippen LogP contribution in [0.4, 0.5) is 5.13 Å². The minimum atomic E-state index is -0.136. The molecule has 0 amide bonds. The number of rotatable bonds is 7. The third-order valence-electron chi connectivity index (χ3n) is 7.40. The van der Waals surface area contributed by atoms with Crippen molar-refractivity contribution in [2.45, 2.75) is 37.8 Å². The molecule has 0 unspecified atom stereocenters. The van der Waals surface area contributed by atoms with Gasteiger partial charge in [0.25, 0.3) is 0 Å². The van der Waals surface area contributed by atoms with E-state index < -0.39 is 0 Å². The van der Waals surface area contributed by atoms with Gasteiger partial charge in [0.1, 0.15) is 17.5 Å². The second kappa shape index (κ2) is 10.0. The van der Waals surface area contributed by atoms with E-state index in [0.29, 0.717) is 6.04 Å². The number of tetrazole rings is 1. The van der Waals surface area contributed by atoms with Gasteiger partial charge in [-0.2, -0.15) is 0 Å². The van der Waals surface area contributed by atoms with Crippen LogP contribution in [-0.2, 0) is 0 Å². The number of hydrogen-bond acceptors (Lipinski definition) is 9. The van der Waals surface area contributed by atoms with E-state index in [9.17, 15) is 0 Å². The summed E-state index contributed by atoms with van der Waals surface area (Å²) >= 11 is 1.76. The average Bonchev–Trinajstić information content (AvgIpc) is 3.70. The molecular weight excluding hydrogens is 474 g/mol. The third kappa shape index (κ3) is 4.28. The van der Waals surface area contributed by atoms with Crippen molar-refractivity contribution in [2.24, 2.45) is 0 Å². The predicted molar refractivity (Wildman–Crippen MR) is 140 cm³/mol. The number of methoxy groups -OCH3 is 2. The van der Waals surface area contributed by atoms with E-state index in [2.05, 4.69) is 54.3 Å². The molecule has 1 aliphatic carbocycles. The number of aromatic nitrogens is 5. The van der Waals surface area contributed by atoms with Crippen molar-refractivity contribution >= 4 is 26.7 Å². The Balaban J connectivity index is 1.33. The van der Waals surface area contributed by atoms with Gasteiger partial charge in [-0.15, -0.1) is 5.10 Å². The largest absolute Gasteiger partial charge is 0.497 e. The number of fused-ring (bicyclic) bond motifs is 1. The highest BCUT2D eigenvalue weighted by atomic mass is 32.1. The molecule has 3 heterocycles. The number of benzene rings is 2. The monoisotopic (exact) mass is 505 g/mol. The molecule has 188 valence electrons. The van der Waals surface area contributed by atoms with Crippen LogP contribution in [0.2, 0.25) is 0 Å². The molecule has 2 aromatic heterocycles. The number of thiazole rings is 1. The van der Waals surface area contributed by atoms with E-state index in [1.165, 1.54) is 17.5 Å². The Morgan fingerprint density at radius 1 is 0.972 bits per heavy atom. The first kappa shape index (κ1) is 23.2. The topological polar surface area (TPSA) is 81.4 Å². The van der Waals surface area contributed by atoms with Gasteiger partial charge in [0, 0.05) is 31.7 Å². The zero-order valence-corrected chi connectivity index (χ0v) is 21.5. The number of nitrogens with zero attached hydrogens (tertiary/aromatic N) is 7. The molecule has 0 bridgehead atoms. The van der Waals surface area contributed by atoms with Crippen LogP contribution in [0.3, 0.4) is 0 Å². The summed E-state index contributed by atoms with van der Waals surface area (Å²) in [6, 6.07) is 14.5. The minimum absolute atomic E-state index is 0.136. The molecule has 10 heteroatoms. The van der Waals surface area contributed by atoms with E-state index in [0.717, 1.165) is 72.6 Å². The molecule has 2 aromatic carbocycles. The molecule has 2 aliphatic rings. The summed E-state index contributed by atoms with van der Waals surface area (Å²) in [5.41, 5.74) is 2.09. The van der Waals surface area contributed by atoms with Gasteiger partial charge in [-0.05, 0) is 53.6 Å². The van der Waals surface area contributed by atoms with Crippen LogP contribution < -0.4 is 14.4 Å². The zero-order chi connectivity index (χ0) is 24.5. The maximum Gasteiger partial charge on any atom is 0.186 e. The molecule has 2 fully saturated rings. The van der Waals surface area contributed by atoms with E-state index in [-0.39, 0.29) is 6.04 Å². The number of piperazine rings is 1. The summed E-state index contributed by atoms with van der Waals surface area (Å²) in [5, 5.41) is 14.3. The summed E-state index contributed by atoms with van der Waals surface area (Å²) in [4.78, 5) is 9.74. The van der Waals surface area contributed by atoms with Crippen LogP contribution >= 0.6 is 11.3 Å². The lowest BCUT2D eigenvalue weighted by Gasteiger charge is -2.39. The Labute approximate surface area is 214 Å². The van der Waals surface area contributed by atoms with E-state index >= 15 is 0 Å². The van der Waals surface area contributed by atoms with Gasteiger partial charge in [0.15, 0.2) is 11.0 Å². The number of para-hydroxylation sites is 1. The standard InChI is InChI=1S/C26H31N7O2S/c1-34-19-11-12-22(35-2)20(17-19)24(25-28-29-30-33(25)18-7-3-4-8-18)31-13-15-32(16-14-31)26-27-21-9-5-6-10-23(21)36-26/h5-6,9-12,17-18,24H,3-4,7-8,13-16H2,1-2H3/t24-/m1/s1. The lowest BCUT2D eigenvalue weighted by Crippen LogP contribution is -2.48. The third-order valence-corrected chi connectivity index (χ3v) is 8.49. The molecule has 36 heavy (non-hydrogen) atoms. The van der Waals surface area contributed by atoms with E-state index in [1.807, 2.05) is 18.2 Å². The van der Waals surface area contributed by atoms with Gasteiger partial charge < -0.3 is 14.4 Å². The first-order valence-corrected chi connectivity index (χ1v) is 13.4. The normalized spacial score (nSPS) is 18.1. The zero-order valence-electron chi connectivity index (χ0n) is 20.7. The van der Waals surface area contributed by atoms with Crippen molar-refractivity contribution in [3.63, 3.8) is 0 Å². The molecular formula is C26H31N7O2S. The quantitative estimate of drug-likeness (QED) is 0.367. The highest BCUT2D eigenvalue weighted by molar-refractivity contribution is 7.22. The van der Waals surface area contributed by atoms with Crippen LogP contribution in [0.15, 0.2) is 42.5 Å². The van der Waals surface area contributed by atoms with Crippen LogP contribution in [-0.4, -0.2) is 70.5 Å². The minimum Gasteiger partial charge on any atom is -0.497 e. The van der Waals surface area contributed by atoms with Crippen molar-refractivity contribution in [1.29, 1.82) is 0 Å². The van der Waals surface area contributed by atoms with Crippen molar-refractivity contribution in [2.75, 3.05) is 45.3 Å². The first-order valence-electron chi connectivity index (χ1n) is 12.6. The molecule has 0 N–H and O–H groups in total. The van der Waals surface area contributed by atoms with Gasteiger partial charge >= 0.3 is 0 Å². The molecule has 9 nitrogen and oxygen atoms in total. The van der Waals surface area contributed by atoms with Gasteiger partial charge in [-0.3, -0.25) is 4.90 Å². The summed E-state index contributed by atoms with van der Waals surface area (Å²) in [6.45, 7) is 3.48. The lowest BCUT2D eigenvalue weighted by molar-refractivity contribution is 0.194. The van der Waals surface area contributed by atoms with E-state index in [1.54, 1.807) is 25.6 Å². The summed E-state index contributed by atoms with van der Waals surface area (Å²) in [7, 11) is 3.41. The summed E-state index contributed by atoms with van der Waals surface area (Å²) in [5.74, 6) is 2.49. The van der Waals surface area contributed by atoms with E-state index in [4.69, 9.17) is 14.5 Å². The molecule has 0 spiro atoms. The molecule has 1 saturated carbocycles. The maximum absolute atomic E-state index is 5.83. The lowest BCUT2D eigenvalue weighted by atomic mass is 10.0. The number of hydrogen-bond donors (Lipinski definition) is 0. The van der Waals surface area contributed by atoms with Gasteiger partial charge in [0.2, 0.25) is 0 Å². The summed E-state index contributed by atoms with van der Waals surface area (Å²) < 4.78 is 14.7. The van der Waals surface area contributed by atoms with Crippen LogP contribution in [0.5, 0.6) is 11.5 Å². The Kier molecular flexibility index (Phi) is 6.45. The predicted octanol–water partition coefficient (Wildman–Crippen LogP) is 4.33. The SMILES string of the molecule is COc1ccc(OC)c([C@H](c2nnnn2C2CCCC2)N2CCN(c3nc4ccccc4s3)CC2)c1. The van der Waals surface area contributed by atoms with Gasteiger partial charge in [0.05, 0.1) is 30.5 Å². The smallest absolute Gasteiger partial charge is 0.186 e. The highest BCUT2D eigenvalue weighted by Gasteiger charge is 2.35. The first-order chi connectivity index (χ1) is 17.7. The van der Waals surface area contributed by atoms with Crippen LogP contribution in [0.25, 0.3) is 10.2 Å².